The number of aliphatic hydroxyl groups excluding tert-OH is 5. The van der Waals surface area contributed by atoms with E-state index >= 15 is 0 Å². The average Bonchev–Trinajstić information content (AvgIpc) is 3.65. The molecular formula is C54H86O18. The third-order valence-electron chi connectivity index (χ3n) is 16.8. The minimum absolute atomic E-state index is 0.000129. The maximum Gasteiger partial charge on any atom is 0.333 e. The van der Waals surface area contributed by atoms with Gasteiger partial charge in [0.1, 0.15) is 65.8 Å². The molecule has 4 fully saturated rings. The van der Waals surface area contributed by atoms with Crippen LogP contribution in [0.2, 0.25) is 0 Å². The Kier molecular flexibility index (Phi) is 21.1. The molecule has 4 aliphatic carbocycles. The zero-order valence-corrected chi connectivity index (χ0v) is 44.8. The Morgan fingerprint density at radius 2 is 1.42 bits per heavy atom. The van der Waals surface area contributed by atoms with Gasteiger partial charge >= 0.3 is 5.97 Å². The molecule has 0 bridgehead atoms. The Bertz CT molecular complexity index is 1980. The van der Waals surface area contributed by atoms with Gasteiger partial charge in [0.25, 0.3) is 0 Å². The highest BCUT2D eigenvalue weighted by molar-refractivity contribution is 5.88. The SMILES string of the molecule is C/C=C(\C)C(=O)O[C@@H]1CC2C(CC=C3C[C@@H](OC(O)/C=C(\OC)C(CC)OC(O)/C=C(\OC)C(CC)OC4OC(C)C(OC(O)/C=C(\OC)C(O)CC)C(OC)C4O)CC[C@@]32C)[C@@]2(O)CC[C@H](C(C)=O)[C@@]12C. The first kappa shape index (κ1) is 59.6. The summed E-state index contributed by atoms with van der Waals surface area (Å²) in [5.74, 6) is -0.494. The number of carbonyl (C=O) groups excluding carboxylic acids is 2. The van der Waals surface area contributed by atoms with Crippen LogP contribution in [0.1, 0.15) is 127 Å². The predicted octanol–water partition coefficient (Wildman–Crippen LogP) is 5.56. The Morgan fingerprint density at radius 1 is 0.806 bits per heavy atom. The molecule has 19 atom stereocenters. The average molecular weight is 1020 g/mol. The second-order valence-corrected chi connectivity index (χ2v) is 20.6. The zero-order valence-electron chi connectivity index (χ0n) is 44.8. The van der Waals surface area contributed by atoms with E-state index in [0.29, 0.717) is 69.8 Å². The Balaban J connectivity index is 1.23. The number of Topliss-reactive ketones (excluding diaryl/α,β-unsaturated/α-hetero) is 1. The van der Waals surface area contributed by atoms with E-state index in [4.69, 9.17) is 47.4 Å². The quantitative estimate of drug-likeness (QED) is 0.0228. The zero-order chi connectivity index (χ0) is 53.5. The summed E-state index contributed by atoms with van der Waals surface area (Å²) < 4.78 is 58.7. The number of fused-ring (bicyclic) bond motifs is 5. The van der Waals surface area contributed by atoms with Crippen molar-refractivity contribution in [1.29, 1.82) is 0 Å². The van der Waals surface area contributed by atoms with E-state index < -0.39 is 96.9 Å². The first-order valence-corrected chi connectivity index (χ1v) is 25.8. The number of methoxy groups -OCH3 is 4. The topological polar surface area (TPSA) is 248 Å². The standard InChI is InChI=1S/C54H86O18/c1-14-29(5)50(61)71-43-25-36-35(54(62)23-21-34(30(6)55)53(43,54)9)19-18-32-24-33(20-22-52(32,36)8)68-44(57)27-41(64-11)38(16-3)69-45(58)28-42(65-12)39(17-4)70-51-47(60)49(66-13)48(31(7)67-51)72-46(59)26-40(63-10)37(56)15-2/h14,18,26-28,31,33-39,43-49,51,56-60,62H,15-17,19-25H2,1-13H3/b29-14+,40-26-,41-27-,42-28-/t31?,33-,34+,35?,36?,37?,38?,39?,43+,44?,45?,46?,47?,48?,49?,51?,52-,53-,54-/m0/s1. The lowest BCUT2D eigenvalue weighted by Crippen LogP contribution is -2.66. The van der Waals surface area contributed by atoms with Crippen LogP contribution in [0.15, 0.2) is 58.8 Å². The first-order chi connectivity index (χ1) is 34.0. The molecule has 18 nitrogen and oxygen atoms in total. The van der Waals surface area contributed by atoms with Gasteiger partial charge in [0.15, 0.2) is 25.2 Å². The summed E-state index contributed by atoms with van der Waals surface area (Å²) in [5, 5.41) is 67.6. The predicted molar refractivity (Wildman–Crippen MR) is 263 cm³/mol. The molecule has 0 amide bonds. The minimum Gasteiger partial charge on any atom is -0.498 e. The highest BCUT2D eigenvalue weighted by Crippen LogP contribution is 2.68. The van der Waals surface area contributed by atoms with Crippen molar-refractivity contribution >= 4 is 11.8 Å². The van der Waals surface area contributed by atoms with Crippen LogP contribution in [0.25, 0.3) is 0 Å². The number of carbonyl (C=O) groups is 2. The van der Waals surface area contributed by atoms with Crippen molar-refractivity contribution in [3.05, 3.63) is 58.8 Å². The van der Waals surface area contributed by atoms with Crippen molar-refractivity contribution in [3.63, 3.8) is 0 Å². The van der Waals surface area contributed by atoms with Gasteiger partial charge in [-0.25, -0.2) is 4.79 Å². The van der Waals surface area contributed by atoms with Crippen molar-refractivity contribution in [2.24, 2.45) is 28.6 Å². The fourth-order valence-electron chi connectivity index (χ4n) is 12.5. The number of hydrogen-bond donors (Lipinski definition) is 6. The lowest BCUT2D eigenvalue weighted by Gasteiger charge is -2.63. The number of esters is 1. The molecule has 0 aromatic carbocycles. The summed E-state index contributed by atoms with van der Waals surface area (Å²) in [4.78, 5) is 26.4. The van der Waals surface area contributed by atoms with Gasteiger partial charge in [-0.1, -0.05) is 52.3 Å². The van der Waals surface area contributed by atoms with Crippen LogP contribution in [-0.4, -0.2) is 157 Å². The highest BCUT2D eigenvalue weighted by Gasteiger charge is 2.71. The molecule has 5 rings (SSSR count). The van der Waals surface area contributed by atoms with Gasteiger partial charge in [-0.15, -0.1) is 0 Å². The van der Waals surface area contributed by atoms with Crippen LogP contribution in [0.5, 0.6) is 0 Å². The van der Waals surface area contributed by atoms with E-state index in [2.05, 4.69) is 13.0 Å². The van der Waals surface area contributed by atoms with Crippen molar-refractivity contribution in [1.82, 2.24) is 0 Å². The van der Waals surface area contributed by atoms with Crippen LogP contribution in [0.4, 0.5) is 0 Å². The fraction of sp³-hybridized carbons (Fsp3) is 0.778. The fourth-order valence-corrected chi connectivity index (χ4v) is 12.5. The van der Waals surface area contributed by atoms with Gasteiger partial charge in [0.2, 0.25) is 0 Å². The monoisotopic (exact) mass is 1020 g/mol. The first-order valence-electron chi connectivity index (χ1n) is 25.8. The number of hydrogen-bond acceptors (Lipinski definition) is 18. The van der Waals surface area contributed by atoms with Crippen molar-refractivity contribution < 1.29 is 87.6 Å². The summed E-state index contributed by atoms with van der Waals surface area (Å²) in [6.45, 7) is 16.3. The van der Waals surface area contributed by atoms with Gasteiger partial charge in [0, 0.05) is 42.2 Å². The lowest BCUT2D eigenvalue weighted by molar-refractivity contribution is -0.323. The smallest absolute Gasteiger partial charge is 0.333 e. The molecule has 18 heteroatoms. The summed E-state index contributed by atoms with van der Waals surface area (Å²) in [5.41, 5.74) is -0.839. The third-order valence-corrected chi connectivity index (χ3v) is 16.8. The molecule has 1 heterocycles. The second-order valence-electron chi connectivity index (χ2n) is 20.6. The largest absolute Gasteiger partial charge is 0.498 e. The van der Waals surface area contributed by atoms with Gasteiger partial charge in [-0.05, 0) is 109 Å². The molecule has 0 aromatic heterocycles. The van der Waals surface area contributed by atoms with E-state index in [1.165, 1.54) is 52.2 Å². The van der Waals surface area contributed by atoms with E-state index in [1.807, 2.05) is 20.8 Å². The highest BCUT2D eigenvalue weighted by atomic mass is 16.7. The van der Waals surface area contributed by atoms with Crippen LogP contribution in [-0.2, 0) is 57.0 Å². The summed E-state index contributed by atoms with van der Waals surface area (Å²) >= 11 is 0. The van der Waals surface area contributed by atoms with Crippen molar-refractivity contribution in [2.45, 2.75) is 212 Å². The molecule has 0 radical (unpaired) electrons. The van der Waals surface area contributed by atoms with Crippen LogP contribution >= 0.6 is 0 Å². The molecule has 1 saturated heterocycles. The second kappa shape index (κ2) is 25.5. The molecule has 410 valence electrons. The van der Waals surface area contributed by atoms with E-state index in [9.17, 15) is 40.2 Å². The number of ketones is 1. The van der Waals surface area contributed by atoms with E-state index in [1.54, 1.807) is 40.7 Å². The van der Waals surface area contributed by atoms with Crippen LogP contribution in [0, 0.1) is 28.6 Å². The Morgan fingerprint density at radius 3 is 2.00 bits per heavy atom. The third kappa shape index (κ3) is 12.4. The van der Waals surface area contributed by atoms with E-state index in [-0.39, 0.29) is 46.4 Å². The van der Waals surface area contributed by atoms with Crippen LogP contribution in [0.3, 0.4) is 0 Å². The molecule has 3 saturated carbocycles. The van der Waals surface area contributed by atoms with Crippen molar-refractivity contribution in [3.8, 4) is 0 Å². The van der Waals surface area contributed by atoms with Gasteiger partial charge in [-0.3, -0.25) is 4.79 Å². The Hall–Kier alpha value is -3.24. The normalized spacial score (nSPS) is 36.9. The molecule has 5 aliphatic rings. The molecule has 13 unspecified atom stereocenters. The number of aliphatic hydroxyl groups is 6. The molecule has 72 heavy (non-hydrogen) atoms. The summed E-state index contributed by atoms with van der Waals surface area (Å²) in [6, 6.07) is 0. The Labute approximate surface area is 426 Å². The maximum atomic E-state index is 13.3. The number of allylic oxidation sites excluding steroid dienone is 2. The molecule has 0 spiro atoms. The van der Waals surface area contributed by atoms with Gasteiger partial charge in [-0.2, -0.15) is 0 Å². The number of ether oxygens (including phenoxy) is 10. The maximum absolute atomic E-state index is 13.3. The summed E-state index contributed by atoms with van der Waals surface area (Å²) in [6.07, 6.45) is -0.536. The molecular weight excluding hydrogens is 937 g/mol. The molecule has 6 N–H and O–H groups in total. The van der Waals surface area contributed by atoms with E-state index in [0.717, 1.165) is 0 Å². The minimum atomic E-state index is -1.54. The molecule has 1 aliphatic heterocycles. The summed E-state index contributed by atoms with van der Waals surface area (Å²) in [7, 11) is 5.59. The van der Waals surface area contributed by atoms with Crippen LogP contribution < -0.4 is 0 Å². The van der Waals surface area contributed by atoms with Crippen molar-refractivity contribution in [2.75, 3.05) is 28.4 Å². The van der Waals surface area contributed by atoms with Gasteiger partial charge < -0.3 is 78.0 Å². The molecule has 0 aromatic rings. The van der Waals surface area contributed by atoms with Gasteiger partial charge in [0.05, 0.1) is 39.1 Å². The number of rotatable bonds is 24. The lowest BCUT2D eigenvalue weighted by atomic mass is 9.45.